The lowest BCUT2D eigenvalue weighted by atomic mass is 10.3. The van der Waals surface area contributed by atoms with Gasteiger partial charge >= 0.3 is 0 Å². The minimum atomic E-state index is 1.16. The first-order valence-corrected chi connectivity index (χ1v) is 4.47. The predicted octanol–water partition coefficient (Wildman–Crippen LogP) is 3.20. The van der Waals surface area contributed by atoms with E-state index in [9.17, 15) is 0 Å². The van der Waals surface area contributed by atoms with E-state index >= 15 is 0 Å². The Morgan fingerprint density at radius 3 is 1.73 bits per heavy atom. The topological polar surface area (TPSA) is 12.0 Å². The molecule has 0 aromatic rings. The molecule has 0 aromatic carbocycles. The molecule has 0 aliphatic carbocycles. The van der Waals surface area contributed by atoms with E-state index in [0.717, 1.165) is 12.8 Å². The molecule has 1 heteroatoms. The first-order chi connectivity index (χ1) is 5.41. The van der Waals surface area contributed by atoms with E-state index in [0.29, 0.717) is 0 Å². The first kappa shape index (κ1) is 10.3. The second-order valence-corrected chi connectivity index (χ2v) is 2.55. The van der Waals surface area contributed by atoms with Crippen molar-refractivity contribution in [3.05, 3.63) is 24.6 Å². The van der Waals surface area contributed by atoms with Crippen LogP contribution in [0.25, 0.3) is 0 Å². The molecule has 1 N–H and O–H groups in total. The van der Waals surface area contributed by atoms with Crippen LogP contribution >= 0.6 is 0 Å². The summed E-state index contributed by atoms with van der Waals surface area (Å²) in [6, 6.07) is 0. The Labute approximate surface area is 70.2 Å². The molecule has 0 rings (SSSR count). The number of hydrogen-bond acceptors (Lipinski definition) is 1. The lowest BCUT2D eigenvalue weighted by Crippen LogP contribution is -1.90. The Kier molecular flexibility index (Phi) is 8.67. The van der Waals surface area contributed by atoms with Crippen LogP contribution in [-0.2, 0) is 0 Å². The molecule has 0 saturated carbocycles. The van der Waals surface area contributed by atoms with Crippen molar-refractivity contribution in [2.24, 2.45) is 0 Å². The van der Waals surface area contributed by atoms with E-state index in [4.69, 9.17) is 0 Å². The minimum absolute atomic E-state index is 1.16. The average molecular weight is 153 g/mol. The Bertz CT molecular complexity index is 100. The normalized spacial score (nSPS) is 11.5. The smallest absolute Gasteiger partial charge is 0.00358 e. The fourth-order valence-electron chi connectivity index (χ4n) is 0.692. The van der Waals surface area contributed by atoms with Crippen molar-refractivity contribution in [3.63, 3.8) is 0 Å². The van der Waals surface area contributed by atoms with Crippen LogP contribution in [0.2, 0.25) is 0 Å². The molecule has 11 heavy (non-hydrogen) atoms. The molecular weight excluding hydrogens is 134 g/mol. The number of rotatable bonds is 6. The van der Waals surface area contributed by atoms with E-state index in [2.05, 4.69) is 31.3 Å². The molecular formula is C10H19N. The number of unbranched alkanes of at least 4 members (excludes halogenated alkanes) is 2. The van der Waals surface area contributed by atoms with Crippen molar-refractivity contribution in [1.82, 2.24) is 5.32 Å². The second-order valence-electron chi connectivity index (χ2n) is 2.55. The standard InChI is InChI=1S/C10H19N/c1-3-5-7-9-11-10-8-6-4-2/h7-11H,3-6H2,1-2H3. The van der Waals surface area contributed by atoms with Gasteiger partial charge in [0.15, 0.2) is 0 Å². The summed E-state index contributed by atoms with van der Waals surface area (Å²) in [5, 5.41) is 3.09. The molecule has 0 aromatic heterocycles. The summed E-state index contributed by atoms with van der Waals surface area (Å²) >= 11 is 0. The highest BCUT2D eigenvalue weighted by Gasteiger charge is 1.71. The zero-order valence-electron chi connectivity index (χ0n) is 7.64. The fraction of sp³-hybridized carbons (Fsp3) is 0.600. The molecule has 0 spiro atoms. The first-order valence-electron chi connectivity index (χ1n) is 4.47. The molecule has 0 bridgehead atoms. The third-order valence-electron chi connectivity index (χ3n) is 1.34. The highest BCUT2D eigenvalue weighted by molar-refractivity contribution is 4.87. The molecule has 64 valence electrons. The summed E-state index contributed by atoms with van der Waals surface area (Å²) in [4.78, 5) is 0. The number of nitrogens with one attached hydrogen (secondary N) is 1. The third-order valence-corrected chi connectivity index (χ3v) is 1.34. The van der Waals surface area contributed by atoms with Gasteiger partial charge in [0.05, 0.1) is 0 Å². The van der Waals surface area contributed by atoms with Crippen molar-refractivity contribution >= 4 is 0 Å². The van der Waals surface area contributed by atoms with Crippen LogP contribution in [0.4, 0.5) is 0 Å². The molecule has 0 radical (unpaired) electrons. The maximum atomic E-state index is 3.09. The SMILES string of the molecule is CCCC=CNC=CCCC. The van der Waals surface area contributed by atoms with Gasteiger partial charge in [-0.2, -0.15) is 0 Å². The zero-order chi connectivity index (χ0) is 8.36. The van der Waals surface area contributed by atoms with Crippen LogP contribution in [0, 0.1) is 0 Å². The van der Waals surface area contributed by atoms with Crippen LogP contribution < -0.4 is 5.32 Å². The molecule has 0 aliphatic heterocycles. The van der Waals surface area contributed by atoms with Crippen molar-refractivity contribution in [3.8, 4) is 0 Å². The summed E-state index contributed by atoms with van der Waals surface area (Å²) in [7, 11) is 0. The second kappa shape index (κ2) is 9.28. The largest absolute Gasteiger partial charge is 0.368 e. The summed E-state index contributed by atoms with van der Waals surface area (Å²) in [5.41, 5.74) is 0. The van der Waals surface area contributed by atoms with E-state index in [1.807, 2.05) is 12.4 Å². The summed E-state index contributed by atoms with van der Waals surface area (Å²) in [6.07, 6.45) is 13.1. The predicted molar refractivity (Wildman–Crippen MR) is 51.2 cm³/mol. The molecule has 0 atom stereocenters. The van der Waals surface area contributed by atoms with E-state index < -0.39 is 0 Å². The van der Waals surface area contributed by atoms with Gasteiger partial charge in [-0.25, -0.2) is 0 Å². The molecule has 0 saturated heterocycles. The van der Waals surface area contributed by atoms with E-state index in [1.165, 1.54) is 12.8 Å². The average Bonchev–Trinajstić information content (AvgIpc) is 2.03. The maximum Gasteiger partial charge on any atom is -0.00358 e. The van der Waals surface area contributed by atoms with Gasteiger partial charge in [-0.15, -0.1) is 0 Å². The highest BCUT2D eigenvalue weighted by Crippen LogP contribution is 1.88. The summed E-state index contributed by atoms with van der Waals surface area (Å²) in [6.45, 7) is 4.36. The Morgan fingerprint density at radius 2 is 1.36 bits per heavy atom. The van der Waals surface area contributed by atoms with Gasteiger partial charge in [0, 0.05) is 0 Å². The number of allylic oxidation sites excluding steroid dienone is 2. The molecule has 1 nitrogen and oxygen atoms in total. The Hall–Kier alpha value is -0.720. The van der Waals surface area contributed by atoms with Crippen LogP contribution in [-0.4, -0.2) is 0 Å². The molecule has 0 amide bonds. The van der Waals surface area contributed by atoms with Crippen molar-refractivity contribution in [2.75, 3.05) is 0 Å². The van der Waals surface area contributed by atoms with Gasteiger partial charge in [-0.3, -0.25) is 0 Å². The molecule has 0 heterocycles. The van der Waals surface area contributed by atoms with Crippen molar-refractivity contribution in [2.45, 2.75) is 39.5 Å². The Balaban J connectivity index is 3.11. The zero-order valence-corrected chi connectivity index (χ0v) is 7.64. The highest BCUT2D eigenvalue weighted by atomic mass is 14.8. The van der Waals surface area contributed by atoms with E-state index in [-0.39, 0.29) is 0 Å². The van der Waals surface area contributed by atoms with Gasteiger partial charge in [-0.05, 0) is 25.2 Å². The van der Waals surface area contributed by atoms with Gasteiger partial charge in [0.2, 0.25) is 0 Å². The lowest BCUT2D eigenvalue weighted by Gasteiger charge is -1.88. The monoisotopic (exact) mass is 153 g/mol. The minimum Gasteiger partial charge on any atom is -0.368 e. The number of hydrogen-bond donors (Lipinski definition) is 1. The van der Waals surface area contributed by atoms with Gasteiger partial charge in [-0.1, -0.05) is 38.8 Å². The summed E-state index contributed by atoms with van der Waals surface area (Å²) < 4.78 is 0. The van der Waals surface area contributed by atoms with Gasteiger partial charge in [0.25, 0.3) is 0 Å². The molecule has 0 aliphatic rings. The summed E-state index contributed by atoms with van der Waals surface area (Å²) in [5.74, 6) is 0. The maximum absolute atomic E-state index is 3.09. The van der Waals surface area contributed by atoms with Crippen molar-refractivity contribution in [1.29, 1.82) is 0 Å². The van der Waals surface area contributed by atoms with E-state index in [1.54, 1.807) is 0 Å². The van der Waals surface area contributed by atoms with Crippen LogP contribution in [0.5, 0.6) is 0 Å². The molecule has 0 fully saturated rings. The fourth-order valence-corrected chi connectivity index (χ4v) is 0.692. The Morgan fingerprint density at radius 1 is 0.909 bits per heavy atom. The van der Waals surface area contributed by atoms with Gasteiger partial charge in [0.1, 0.15) is 0 Å². The van der Waals surface area contributed by atoms with Crippen molar-refractivity contribution < 1.29 is 0 Å². The molecule has 0 unspecified atom stereocenters. The van der Waals surface area contributed by atoms with Crippen LogP contribution in [0.15, 0.2) is 24.6 Å². The van der Waals surface area contributed by atoms with Crippen LogP contribution in [0.1, 0.15) is 39.5 Å². The quantitative estimate of drug-likeness (QED) is 0.618. The van der Waals surface area contributed by atoms with Gasteiger partial charge < -0.3 is 5.32 Å². The third kappa shape index (κ3) is 9.28. The lowest BCUT2D eigenvalue weighted by molar-refractivity contribution is 0.938. The van der Waals surface area contributed by atoms with Crippen LogP contribution in [0.3, 0.4) is 0 Å².